The van der Waals surface area contributed by atoms with Gasteiger partial charge in [-0.1, -0.05) is 28.9 Å². The molecule has 0 amide bonds. The van der Waals surface area contributed by atoms with Gasteiger partial charge in [-0.05, 0) is 44.0 Å². The molecule has 4 heteroatoms. The zero-order valence-electron chi connectivity index (χ0n) is 12.5. The van der Waals surface area contributed by atoms with Crippen molar-refractivity contribution in [3.05, 3.63) is 28.2 Å². The zero-order valence-corrected chi connectivity index (χ0v) is 14.1. The summed E-state index contributed by atoms with van der Waals surface area (Å²) in [6.07, 6.45) is 2.76. The van der Waals surface area contributed by atoms with E-state index in [2.05, 4.69) is 58.2 Å². The summed E-state index contributed by atoms with van der Waals surface area (Å²) in [6, 6.07) is 6.58. The maximum absolute atomic E-state index is 5.82. The average Bonchev–Trinajstić information content (AvgIpc) is 2.46. The van der Waals surface area contributed by atoms with Crippen LogP contribution < -0.4 is 10.2 Å². The third-order valence-corrected chi connectivity index (χ3v) is 4.23. The maximum Gasteiger partial charge on any atom is 0.0750 e. The minimum Gasteiger partial charge on any atom is -0.377 e. The molecule has 1 fully saturated rings. The third kappa shape index (κ3) is 4.21. The van der Waals surface area contributed by atoms with Crippen LogP contribution in [0.3, 0.4) is 0 Å². The van der Waals surface area contributed by atoms with Gasteiger partial charge in [0.2, 0.25) is 0 Å². The van der Waals surface area contributed by atoms with Crippen molar-refractivity contribution in [2.24, 2.45) is 0 Å². The molecule has 0 bridgehead atoms. The molecule has 1 saturated heterocycles. The van der Waals surface area contributed by atoms with Gasteiger partial charge in [-0.15, -0.1) is 0 Å². The number of hydrogen-bond acceptors (Lipinski definition) is 3. The lowest BCUT2D eigenvalue weighted by atomic mass is 10.0. The molecule has 0 spiro atoms. The van der Waals surface area contributed by atoms with Gasteiger partial charge in [0, 0.05) is 36.4 Å². The highest BCUT2D eigenvalue weighted by Gasteiger charge is 2.22. The second-order valence-corrected chi connectivity index (χ2v) is 6.13. The van der Waals surface area contributed by atoms with Crippen LogP contribution in [0.1, 0.15) is 32.3 Å². The van der Waals surface area contributed by atoms with Gasteiger partial charge in [-0.2, -0.15) is 0 Å². The molecule has 1 N–H and O–H groups in total. The lowest BCUT2D eigenvalue weighted by Crippen LogP contribution is -2.40. The average molecular weight is 341 g/mol. The fourth-order valence-corrected chi connectivity index (χ4v) is 3.12. The standard InChI is InChI=1S/C16H25BrN2O/c1-3-18-11-13-7-8-14(17)10-16(13)19-9-5-6-15(12-19)20-4-2/h7-8,10,15,18H,3-6,9,11-12H2,1-2H3. The number of nitrogens with one attached hydrogen (secondary N) is 1. The number of nitrogens with zero attached hydrogens (tertiary/aromatic N) is 1. The Morgan fingerprint density at radius 3 is 3.00 bits per heavy atom. The molecule has 1 aromatic rings. The Hall–Kier alpha value is -0.580. The molecule has 3 nitrogen and oxygen atoms in total. The Morgan fingerprint density at radius 2 is 2.25 bits per heavy atom. The molecule has 20 heavy (non-hydrogen) atoms. The number of hydrogen-bond donors (Lipinski definition) is 1. The van der Waals surface area contributed by atoms with Crippen molar-refractivity contribution in [1.82, 2.24) is 5.32 Å². The number of halogens is 1. The van der Waals surface area contributed by atoms with Crippen molar-refractivity contribution >= 4 is 21.6 Å². The SMILES string of the molecule is CCNCc1ccc(Br)cc1N1CCCC(OCC)C1. The fourth-order valence-electron chi connectivity index (χ4n) is 2.77. The summed E-state index contributed by atoms with van der Waals surface area (Å²) in [5.41, 5.74) is 2.71. The molecule has 0 aliphatic carbocycles. The van der Waals surface area contributed by atoms with Crippen LogP contribution in [0, 0.1) is 0 Å². The molecule has 1 unspecified atom stereocenters. The molecular formula is C16H25BrN2O. The van der Waals surface area contributed by atoms with E-state index < -0.39 is 0 Å². The predicted molar refractivity (Wildman–Crippen MR) is 88.4 cm³/mol. The molecule has 1 aromatic carbocycles. The van der Waals surface area contributed by atoms with Crippen LogP contribution >= 0.6 is 15.9 Å². The first-order valence-electron chi connectivity index (χ1n) is 7.60. The quantitative estimate of drug-likeness (QED) is 0.856. The zero-order chi connectivity index (χ0) is 14.4. The van der Waals surface area contributed by atoms with Crippen molar-refractivity contribution < 1.29 is 4.74 Å². The van der Waals surface area contributed by atoms with Crippen LogP contribution in [0.25, 0.3) is 0 Å². The molecule has 0 aromatic heterocycles. The minimum atomic E-state index is 0.375. The Labute approximate surface area is 130 Å². The molecule has 0 saturated carbocycles. The second kappa shape index (κ2) is 8.01. The first kappa shape index (κ1) is 15.8. The molecule has 1 aliphatic heterocycles. The highest BCUT2D eigenvalue weighted by molar-refractivity contribution is 9.10. The van der Waals surface area contributed by atoms with Crippen molar-refractivity contribution in [2.45, 2.75) is 39.3 Å². The molecule has 0 radical (unpaired) electrons. The number of benzene rings is 1. The number of rotatable bonds is 6. The molecule has 1 aliphatic rings. The van der Waals surface area contributed by atoms with Gasteiger partial charge in [-0.25, -0.2) is 0 Å². The summed E-state index contributed by atoms with van der Waals surface area (Å²) in [5, 5.41) is 3.43. The number of piperidine rings is 1. The lowest BCUT2D eigenvalue weighted by molar-refractivity contribution is 0.0526. The van der Waals surface area contributed by atoms with Gasteiger partial charge in [-0.3, -0.25) is 0 Å². The van der Waals surface area contributed by atoms with Crippen LogP contribution in [0.2, 0.25) is 0 Å². The first-order chi connectivity index (χ1) is 9.74. The van der Waals surface area contributed by atoms with E-state index in [9.17, 15) is 0 Å². The molecule has 2 rings (SSSR count). The van der Waals surface area contributed by atoms with Crippen LogP contribution in [-0.4, -0.2) is 32.3 Å². The summed E-state index contributed by atoms with van der Waals surface area (Å²) in [7, 11) is 0. The predicted octanol–water partition coefficient (Wildman–Crippen LogP) is 3.56. The van der Waals surface area contributed by atoms with Gasteiger partial charge in [0.1, 0.15) is 0 Å². The van der Waals surface area contributed by atoms with Crippen molar-refractivity contribution in [3.63, 3.8) is 0 Å². The normalized spacial score (nSPS) is 19.4. The Kier molecular flexibility index (Phi) is 6.33. The molecule has 112 valence electrons. The van der Waals surface area contributed by atoms with Crippen molar-refractivity contribution in [2.75, 3.05) is 31.1 Å². The van der Waals surface area contributed by atoms with E-state index >= 15 is 0 Å². The smallest absolute Gasteiger partial charge is 0.0750 e. The van der Waals surface area contributed by atoms with Gasteiger partial charge in [0.25, 0.3) is 0 Å². The minimum absolute atomic E-state index is 0.375. The Morgan fingerprint density at radius 1 is 1.40 bits per heavy atom. The topological polar surface area (TPSA) is 24.5 Å². The maximum atomic E-state index is 5.82. The van der Waals surface area contributed by atoms with Gasteiger partial charge in [0.15, 0.2) is 0 Å². The van der Waals surface area contributed by atoms with Crippen LogP contribution in [-0.2, 0) is 11.3 Å². The summed E-state index contributed by atoms with van der Waals surface area (Å²) < 4.78 is 6.96. The second-order valence-electron chi connectivity index (χ2n) is 5.22. The van der Waals surface area contributed by atoms with E-state index in [0.29, 0.717) is 6.10 Å². The largest absolute Gasteiger partial charge is 0.377 e. The summed E-state index contributed by atoms with van der Waals surface area (Å²) >= 11 is 3.60. The lowest BCUT2D eigenvalue weighted by Gasteiger charge is -2.35. The molecule has 1 heterocycles. The monoisotopic (exact) mass is 340 g/mol. The highest BCUT2D eigenvalue weighted by atomic mass is 79.9. The van der Waals surface area contributed by atoms with E-state index in [1.807, 2.05) is 0 Å². The van der Waals surface area contributed by atoms with E-state index in [4.69, 9.17) is 4.74 Å². The third-order valence-electron chi connectivity index (χ3n) is 3.73. The summed E-state index contributed by atoms with van der Waals surface area (Å²) in [4.78, 5) is 2.47. The van der Waals surface area contributed by atoms with E-state index in [1.165, 1.54) is 24.1 Å². The van der Waals surface area contributed by atoms with Crippen LogP contribution in [0.4, 0.5) is 5.69 Å². The van der Waals surface area contributed by atoms with Crippen LogP contribution in [0.15, 0.2) is 22.7 Å². The molecule has 1 atom stereocenters. The summed E-state index contributed by atoms with van der Waals surface area (Å²) in [6.45, 7) is 9.08. The van der Waals surface area contributed by atoms with E-state index in [1.54, 1.807) is 0 Å². The van der Waals surface area contributed by atoms with Crippen molar-refractivity contribution in [3.8, 4) is 0 Å². The number of anilines is 1. The number of ether oxygens (including phenoxy) is 1. The van der Waals surface area contributed by atoms with Gasteiger partial charge in [0.05, 0.1) is 6.10 Å². The first-order valence-corrected chi connectivity index (χ1v) is 8.39. The van der Waals surface area contributed by atoms with E-state index in [0.717, 1.165) is 37.3 Å². The van der Waals surface area contributed by atoms with Gasteiger partial charge >= 0.3 is 0 Å². The molecular weight excluding hydrogens is 316 g/mol. The van der Waals surface area contributed by atoms with Crippen molar-refractivity contribution in [1.29, 1.82) is 0 Å². The van der Waals surface area contributed by atoms with Crippen LogP contribution in [0.5, 0.6) is 0 Å². The van der Waals surface area contributed by atoms with Gasteiger partial charge < -0.3 is 15.0 Å². The Balaban J connectivity index is 2.14. The fraction of sp³-hybridized carbons (Fsp3) is 0.625. The summed E-state index contributed by atoms with van der Waals surface area (Å²) in [5.74, 6) is 0. The Bertz CT molecular complexity index is 423. The highest BCUT2D eigenvalue weighted by Crippen LogP contribution is 2.28. The van der Waals surface area contributed by atoms with E-state index in [-0.39, 0.29) is 0 Å².